The van der Waals surface area contributed by atoms with Crippen LogP contribution in [0.5, 0.6) is 5.75 Å². The molecule has 0 heterocycles. The van der Waals surface area contributed by atoms with Crippen LogP contribution in [0, 0.1) is 10.1 Å². The quantitative estimate of drug-likeness (QED) is 0.498. The molecule has 0 aromatic heterocycles. The van der Waals surface area contributed by atoms with Crippen LogP contribution in [-0.2, 0) is 6.54 Å². The van der Waals surface area contributed by atoms with Gasteiger partial charge in [0.15, 0.2) is 5.75 Å². The molecule has 2 N–H and O–H groups in total. The van der Waals surface area contributed by atoms with E-state index in [2.05, 4.69) is 0 Å². The smallest absolute Gasteiger partial charge is 0.311 e. The zero-order valence-electron chi connectivity index (χ0n) is 12.6. The Morgan fingerprint density at radius 2 is 1.91 bits per heavy atom. The number of nitrogens with zero attached hydrogens (tertiary/aromatic N) is 2. The normalized spacial score (nSPS) is 10.4. The minimum Gasteiger partial charge on any atom is -0.487 e. The lowest BCUT2D eigenvalue weighted by Crippen LogP contribution is -2.29. The van der Waals surface area contributed by atoms with E-state index in [9.17, 15) is 10.1 Å². The third-order valence-electron chi connectivity index (χ3n) is 2.92. The van der Waals surface area contributed by atoms with Crippen molar-refractivity contribution in [3.05, 3.63) is 33.9 Å². The van der Waals surface area contributed by atoms with Crippen LogP contribution in [0.4, 0.5) is 5.69 Å². The fourth-order valence-electron chi connectivity index (χ4n) is 1.95. The van der Waals surface area contributed by atoms with E-state index >= 15 is 0 Å². The molecule has 0 saturated heterocycles. The Morgan fingerprint density at radius 1 is 1.27 bits per heavy atom. The second kappa shape index (κ2) is 11.2. The molecule has 0 aliphatic rings. The molecule has 1 aromatic rings. The molecule has 0 spiro atoms. The van der Waals surface area contributed by atoms with Crippen LogP contribution >= 0.6 is 12.4 Å². The summed E-state index contributed by atoms with van der Waals surface area (Å²) in [5, 5.41) is 29.1. The average molecular weight is 335 g/mol. The maximum atomic E-state index is 11.1. The van der Waals surface area contributed by atoms with Gasteiger partial charge >= 0.3 is 5.69 Å². The highest BCUT2D eigenvalue weighted by Gasteiger charge is 2.17. The van der Waals surface area contributed by atoms with Gasteiger partial charge in [-0.25, -0.2) is 0 Å². The molecule has 8 heteroatoms. The van der Waals surface area contributed by atoms with E-state index in [-0.39, 0.29) is 37.1 Å². The van der Waals surface area contributed by atoms with Crippen LogP contribution in [0.1, 0.15) is 18.9 Å². The number of rotatable bonds is 10. The van der Waals surface area contributed by atoms with Gasteiger partial charge in [-0.15, -0.1) is 12.4 Å². The van der Waals surface area contributed by atoms with Crippen LogP contribution in [0.2, 0.25) is 0 Å². The first-order valence-corrected chi connectivity index (χ1v) is 6.96. The average Bonchev–Trinajstić information content (AvgIpc) is 2.46. The monoisotopic (exact) mass is 334 g/mol. The van der Waals surface area contributed by atoms with E-state index in [1.54, 1.807) is 12.1 Å². The summed E-state index contributed by atoms with van der Waals surface area (Å²) in [6.07, 6.45) is 0.777. The van der Waals surface area contributed by atoms with E-state index < -0.39 is 4.92 Å². The first-order valence-electron chi connectivity index (χ1n) is 6.96. The maximum Gasteiger partial charge on any atom is 0.311 e. The number of hydrogen-bond acceptors (Lipinski definition) is 6. The Labute approximate surface area is 136 Å². The Balaban J connectivity index is 0.00000441. The van der Waals surface area contributed by atoms with Crippen LogP contribution in [0.25, 0.3) is 0 Å². The summed E-state index contributed by atoms with van der Waals surface area (Å²) in [6.45, 7) is 3.55. The van der Waals surface area contributed by atoms with E-state index in [4.69, 9.17) is 14.9 Å². The molecule has 0 bridgehead atoms. The lowest BCUT2D eigenvalue weighted by atomic mass is 10.1. The van der Waals surface area contributed by atoms with Crippen molar-refractivity contribution >= 4 is 18.1 Å². The van der Waals surface area contributed by atoms with Gasteiger partial charge in [0.25, 0.3) is 0 Å². The molecule has 7 nitrogen and oxygen atoms in total. The number of benzene rings is 1. The Morgan fingerprint density at radius 3 is 2.41 bits per heavy atom. The van der Waals surface area contributed by atoms with Gasteiger partial charge < -0.3 is 14.9 Å². The SMILES string of the molecule is CCCOc1ccc(CN(CCO)CCO)cc1[N+](=O)[O-].Cl. The first-order chi connectivity index (χ1) is 10.1. The highest BCUT2D eigenvalue weighted by atomic mass is 35.5. The molecule has 0 atom stereocenters. The van der Waals surface area contributed by atoms with Crippen molar-refractivity contribution in [3.8, 4) is 5.75 Å². The Hall–Kier alpha value is -1.41. The summed E-state index contributed by atoms with van der Waals surface area (Å²) in [7, 11) is 0. The zero-order valence-corrected chi connectivity index (χ0v) is 13.4. The summed E-state index contributed by atoms with van der Waals surface area (Å²) in [5.41, 5.74) is 0.682. The number of aliphatic hydroxyl groups is 2. The Bertz CT molecular complexity index is 453. The molecule has 0 unspecified atom stereocenters. The van der Waals surface area contributed by atoms with Crippen molar-refractivity contribution in [2.45, 2.75) is 19.9 Å². The molecule has 126 valence electrons. The molecule has 1 rings (SSSR count). The zero-order chi connectivity index (χ0) is 15.7. The second-order valence-electron chi connectivity index (χ2n) is 4.63. The predicted molar refractivity (Wildman–Crippen MR) is 85.6 cm³/mol. The van der Waals surface area contributed by atoms with Crippen LogP contribution < -0.4 is 4.74 Å². The first kappa shape index (κ1) is 20.6. The summed E-state index contributed by atoms with van der Waals surface area (Å²) < 4.78 is 5.37. The van der Waals surface area contributed by atoms with Crippen molar-refractivity contribution in [1.82, 2.24) is 4.90 Å². The van der Waals surface area contributed by atoms with Gasteiger partial charge in [-0.3, -0.25) is 15.0 Å². The van der Waals surface area contributed by atoms with Gasteiger partial charge in [0.2, 0.25) is 0 Å². The maximum absolute atomic E-state index is 11.1. The highest BCUT2D eigenvalue weighted by molar-refractivity contribution is 5.85. The highest BCUT2D eigenvalue weighted by Crippen LogP contribution is 2.28. The number of nitro groups is 1. The van der Waals surface area contributed by atoms with E-state index in [1.807, 2.05) is 11.8 Å². The molecule has 0 aliphatic carbocycles. The minimum absolute atomic E-state index is 0. The fraction of sp³-hybridized carbons (Fsp3) is 0.571. The van der Waals surface area contributed by atoms with Crippen molar-refractivity contribution in [3.63, 3.8) is 0 Å². The number of halogens is 1. The summed E-state index contributed by atoms with van der Waals surface area (Å²) in [6, 6.07) is 4.84. The van der Waals surface area contributed by atoms with Crippen molar-refractivity contribution in [1.29, 1.82) is 0 Å². The second-order valence-corrected chi connectivity index (χ2v) is 4.63. The number of aliphatic hydroxyl groups excluding tert-OH is 2. The summed E-state index contributed by atoms with van der Waals surface area (Å²) >= 11 is 0. The fourth-order valence-corrected chi connectivity index (χ4v) is 1.95. The third kappa shape index (κ3) is 6.57. The largest absolute Gasteiger partial charge is 0.487 e. The van der Waals surface area contributed by atoms with E-state index in [1.165, 1.54) is 6.07 Å². The standard InChI is InChI=1S/C14H22N2O5.ClH/c1-2-9-21-14-4-3-12(10-13(14)16(19)20)11-15(5-7-17)6-8-18;/h3-4,10,17-18H,2,5-9,11H2,1H3;1H. The number of nitro benzene ring substituents is 1. The summed E-state index contributed by atoms with van der Waals surface area (Å²) in [4.78, 5) is 12.5. The Kier molecular flexibility index (Phi) is 10.5. The molecular formula is C14H23ClN2O5. The number of ether oxygens (including phenoxy) is 1. The number of hydrogen-bond donors (Lipinski definition) is 2. The minimum atomic E-state index is -0.461. The van der Waals surface area contributed by atoms with Crippen LogP contribution in [0.3, 0.4) is 0 Å². The molecule has 0 radical (unpaired) electrons. The predicted octanol–water partition coefficient (Wildman–Crippen LogP) is 1.59. The molecule has 22 heavy (non-hydrogen) atoms. The molecule has 0 amide bonds. The van der Waals surface area contributed by atoms with Crippen molar-refractivity contribution < 1.29 is 19.9 Å². The molecule has 0 saturated carbocycles. The van der Waals surface area contributed by atoms with Crippen LogP contribution in [-0.4, -0.2) is 52.9 Å². The van der Waals surface area contributed by atoms with Crippen molar-refractivity contribution in [2.75, 3.05) is 32.9 Å². The molecule has 1 aromatic carbocycles. The van der Waals surface area contributed by atoms with Crippen molar-refractivity contribution in [2.24, 2.45) is 0 Å². The third-order valence-corrected chi connectivity index (χ3v) is 2.92. The van der Waals surface area contributed by atoms with E-state index in [0.29, 0.717) is 26.2 Å². The van der Waals surface area contributed by atoms with Gasteiger partial charge in [-0.1, -0.05) is 13.0 Å². The van der Waals surface area contributed by atoms with E-state index in [0.717, 1.165) is 12.0 Å². The van der Waals surface area contributed by atoms with Gasteiger partial charge in [-0.05, 0) is 18.1 Å². The lowest BCUT2D eigenvalue weighted by Gasteiger charge is -2.20. The topological polar surface area (TPSA) is 96.1 Å². The lowest BCUT2D eigenvalue weighted by molar-refractivity contribution is -0.385. The molecule has 0 fully saturated rings. The van der Waals surface area contributed by atoms with Gasteiger partial charge in [0, 0.05) is 25.7 Å². The molecular weight excluding hydrogens is 312 g/mol. The molecule has 0 aliphatic heterocycles. The van der Waals surface area contributed by atoms with Crippen LogP contribution in [0.15, 0.2) is 18.2 Å². The van der Waals surface area contributed by atoms with Gasteiger partial charge in [-0.2, -0.15) is 0 Å². The van der Waals surface area contributed by atoms with Gasteiger partial charge in [0.05, 0.1) is 24.7 Å². The summed E-state index contributed by atoms with van der Waals surface area (Å²) in [5.74, 6) is 0.265. The van der Waals surface area contributed by atoms with Gasteiger partial charge in [0.1, 0.15) is 0 Å².